The molecule has 19 nitrogen and oxygen atoms in total. The van der Waals surface area contributed by atoms with E-state index >= 15 is 0 Å². The maximum Gasteiger partial charge on any atom is 0.295 e. The standard InChI is InChI=1S/C23H38N2O17/c1-7(29)24-11-14(32)13(31)9(4-26)38-21(11)41-19-16(34)17(35)22(42-23(19)37-6-28)40-18-10(5-27)39-20(36-3)12(15(18)33)25-8(2)30/h6,9-23,26-27,31-35H,4-5H2,1-3H3,(H,24,29)(H,25,30)/t9?,10?,11?,12?,13-,14-,15-,16-,17?,18-,19+,20+,21-,22-,23?/m1/s1. The number of hydrogen-bond acceptors (Lipinski definition) is 17. The molecule has 3 aliphatic rings. The second kappa shape index (κ2) is 15.1. The highest BCUT2D eigenvalue weighted by Gasteiger charge is 2.54. The van der Waals surface area contributed by atoms with E-state index in [0.29, 0.717) is 0 Å². The van der Waals surface area contributed by atoms with Crippen molar-refractivity contribution in [3.63, 3.8) is 0 Å². The second-order valence-electron chi connectivity index (χ2n) is 9.90. The molecule has 0 radical (unpaired) electrons. The molecule has 242 valence electrons. The molecule has 0 aromatic rings. The van der Waals surface area contributed by atoms with Crippen molar-refractivity contribution < 1.29 is 83.3 Å². The summed E-state index contributed by atoms with van der Waals surface area (Å²) in [4.78, 5) is 34.7. The molecule has 0 aromatic heterocycles. The second-order valence-corrected chi connectivity index (χ2v) is 9.90. The van der Waals surface area contributed by atoms with Crippen molar-refractivity contribution in [1.29, 1.82) is 0 Å². The van der Waals surface area contributed by atoms with Crippen LogP contribution in [0.25, 0.3) is 0 Å². The SMILES string of the molecule is CO[C@H]1OC(CO)[C@@H](O[C@@H]2OC(OC=O)[C@@H](O[C@H]3OC(CO)[C@@H](O)[C@H](O)C3NC(C)=O)[C@H](O)C2O)[C@H](O)C1NC(C)=O. The molecule has 3 heterocycles. The van der Waals surface area contributed by atoms with Crippen molar-refractivity contribution in [2.24, 2.45) is 0 Å². The molecule has 15 atom stereocenters. The first-order valence-electron chi connectivity index (χ1n) is 12.9. The molecule has 0 aliphatic carbocycles. The molecular formula is C23H38N2O17. The molecule has 3 rings (SSSR count). The first-order valence-corrected chi connectivity index (χ1v) is 12.9. The largest absolute Gasteiger partial charge is 0.435 e. The summed E-state index contributed by atoms with van der Waals surface area (Å²) in [5.74, 6) is -1.22. The van der Waals surface area contributed by atoms with Crippen molar-refractivity contribution >= 4 is 18.3 Å². The zero-order valence-electron chi connectivity index (χ0n) is 22.9. The lowest BCUT2D eigenvalue weighted by Gasteiger charge is -2.48. The predicted octanol–water partition coefficient (Wildman–Crippen LogP) is -6.49. The maximum absolute atomic E-state index is 11.7. The monoisotopic (exact) mass is 614 g/mol. The van der Waals surface area contributed by atoms with Crippen LogP contribution in [-0.2, 0) is 47.5 Å². The van der Waals surface area contributed by atoms with Crippen LogP contribution in [0.3, 0.4) is 0 Å². The van der Waals surface area contributed by atoms with Gasteiger partial charge in [-0.15, -0.1) is 0 Å². The van der Waals surface area contributed by atoms with Gasteiger partial charge in [0.2, 0.25) is 18.1 Å². The highest BCUT2D eigenvalue weighted by molar-refractivity contribution is 5.73. The fraction of sp³-hybridized carbons (Fsp3) is 0.870. The van der Waals surface area contributed by atoms with Gasteiger partial charge >= 0.3 is 0 Å². The minimum absolute atomic E-state index is 0.0737. The Labute approximate surface area is 239 Å². The Bertz CT molecular complexity index is 914. The Morgan fingerprint density at radius 2 is 1.24 bits per heavy atom. The third kappa shape index (κ3) is 7.50. The molecule has 19 heteroatoms. The number of amides is 2. The Hall–Kier alpha value is -2.11. The highest BCUT2D eigenvalue weighted by Crippen LogP contribution is 2.32. The van der Waals surface area contributed by atoms with Gasteiger partial charge in [0.15, 0.2) is 25.0 Å². The van der Waals surface area contributed by atoms with Crippen molar-refractivity contribution in [2.75, 3.05) is 20.3 Å². The quantitative estimate of drug-likeness (QED) is 0.0978. The fourth-order valence-corrected chi connectivity index (χ4v) is 4.95. The lowest BCUT2D eigenvalue weighted by atomic mass is 9.95. The third-order valence-corrected chi connectivity index (χ3v) is 6.98. The summed E-state index contributed by atoms with van der Waals surface area (Å²) in [5.41, 5.74) is 0. The van der Waals surface area contributed by atoms with E-state index in [2.05, 4.69) is 10.6 Å². The molecule has 0 bridgehead atoms. The zero-order valence-corrected chi connectivity index (χ0v) is 22.9. The maximum atomic E-state index is 11.7. The Morgan fingerprint density at radius 3 is 1.76 bits per heavy atom. The van der Waals surface area contributed by atoms with E-state index < -0.39 is 117 Å². The first-order chi connectivity index (χ1) is 19.9. The normalized spacial score (nSPS) is 44.2. The molecule has 3 saturated heterocycles. The Morgan fingerprint density at radius 1 is 0.690 bits per heavy atom. The van der Waals surface area contributed by atoms with E-state index in [-0.39, 0.29) is 6.47 Å². The van der Waals surface area contributed by atoms with Crippen LogP contribution in [0.5, 0.6) is 0 Å². The lowest BCUT2D eigenvalue weighted by molar-refractivity contribution is -0.390. The molecule has 3 fully saturated rings. The number of aliphatic hydroxyl groups is 7. The number of aliphatic hydroxyl groups excluding tert-OH is 7. The van der Waals surface area contributed by atoms with Crippen LogP contribution in [0.2, 0.25) is 0 Å². The van der Waals surface area contributed by atoms with Gasteiger partial charge in [-0.25, -0.2) is 0 Å². The average molecular weight is 615 g/mol. The molecule has 0 saturated carbocycles. The zero-order chi connectivity index (χ0) is 31.3. The summed E-state index contributed by atoms with van der Waals surface area (Å²) >= 11 is 0. The summed E-state index contributed by atoms with van der Waals surface area (Å²) in [6.07, 6.45) is -21.4. The third-order valence-electron chi connectivity index (χ3n) is 6.98. The molecule has 6 unspecified atom stereocenters. The van der Waals surface area contributed by atoms with Gasteiger partial charge in [-0.1, -0.05) is 0 Å². The number of ether oxygens (including phenoxy) is 7. The summed E-state index contributed by atoms with van der Waals surface area (Å²) in [6.45, 7) is 0.710. The van der Waals surface area contributed by atoms with Gasteiger partial charge < -0.3 is 79.5 Å². The summed E-state index contributed by atoms with van der Waals surface area (Å²) < 4.78 is 37.9. The number of carbonyl (C=O) groups is 3. The van der Waals surface area contributed by atoms with Crippen molar-refractivity contribution in [3.05, 3.63) is 0 Å². The molecule has 9 N–H and O–H groups in total. The van der Waals surface area contributed by atoms with Crippen LogP contribution >= 0.6 is 0 Å². The van der Waals surface area contributed by atoms with E-state index in [0.717, 1.165) is 6.92 Å². The van der Waals surface area contributed by atoms with E-state index in [1.54, 1.807) is 0 Å². The van der Waals surface area contributed by atoms with Gasteiger partial charge in [-0.3, -0.25) is 14.4 Å². The number of carbonyl (C=O) groups excluding carboxylic acids is 3. The number of rotatable bonds is 11. The fourth-order valence-electron chi connectivity index (χ4n) is 4.95. The minimum Gasteiger partial charge on any atom is -0.435 e. The van der Waals surface area contributed by atoms with Crippen LogP contribution in [0.15, 0.2) is 0 Å². The summed E-state index contributed by atoms with van der Waals surface area (Å²) in [5, 5.41) is 77.6. The Kier molecular flexibility index (Phi) is 12.3. The number of hydrogen-bond donors (Lipinski definition) is 9. The number of nitrogens with one attached hydrogen (secondary N) is 2. The van der Waals surface area contributed by atoms with E-state index in [1.165, 1.54) is 14.0 Å². The first kappa shape index (κ1) is 34.4. The van der Waals surface area contributed by atoms with Crippen LogP contribution in [0, 0.1) is 0 Å². The molecular weight excluding hydrogens is 576 g/mol. The van der Waals surface area contributed by atoms with Gasteiger partial charge in [-0.05, 0) is 0 Å². The summed E-state index contributed by atoms with van der Waals surface area (Å²) in [7, 11) is 1.24. The van der Waals surface area contributed by atoms with Crippen LogP contribution in [-0.4, -0.2) is 167 Å². The van der Waals surface area contributed by atoms with Gasteiger partial charge in [0.1, 0.15) is 60.9 Å². The van der Waals surface area contributed by atoms with Crippen LogP contribution in [0.1, 0.15) is 13.8 Å². The van der Waals surface area contributed by atoms with E-state index in [4.69, 9.17) is 33.2 Å². The van der Waals surface area contributed by atoms with Crippen LogP contribution in [0.4, 0.5) is 0 Å². The van der Waals surface area contributed by atoms with Gasteiger partial charge in [0.25, 0.3) is 6.47 Å². The minimum atomic E-state index is -1.99. The number of methoxy groups -OCH3 is 1. The van der Waals surface area contributed by atoms with Gasteiger partial charge in [0.05, 0.1) is 13.2 Å². The lowest BCUT2D eigenvalue weighted by Crippen LogP contribution is -2.69. The van der Waals surface area contributed by atoms with E-state index in [9.17, 15) is 50.1 Å². The van der Waals surface area contributed by atoms with Crippen LogP contribution < -0.4 is 10.6 Å². The molecule has 0 aromatic carbocycles. The Balaban J connectivity index is 1.83. The van der Waals surface area contributed by atoms with Gasteiger partial charge in [-0.2, -0.15) is 0 Å². The highest BCUT2D eigenvalue weighted by atomic mass is 16.8. The smallest absolute Gasteiger partial charge is 0.295 e. The molecule has 2 amide bonds. The molecule has 3 aliphatic heterocycles. The molecule has 42 heavy (non-hydrogen) atoms. The predicted molar refractivity (Wildman–Crippen MR) is 129 cm³/mol. The van der Waals surface area contributed by atoms with Crippen molar-refractivity contribution in [1.82, 2.24) is 10.6 Å². The van der Waals surface area contributed by atoms with Crippen molar-refractivity contribution in [2.45, 2.75) is 106 Å². The van der Waals surface area contributed by atoms with Crippen molar-refractivity contribution in [3.8, 4) is 0 Å². The summed E-state index contributed by atoms with van der Waals surface area (Å²) in [6, 6.07) is -2.64. The van der Waals surface area contributed by atoms with Gasteiger partial charge in [0, 0.05) is 21.0 Å². The topological polar surface area (TPSA) is 281 Å². The molecule has 0 spiro atoms. The van der Waals surface area contributed by atoms with E-state index in [1.807, 2.05) is 0 Å². The average Bonchev–Trinajstić information content (AvgIpc) is 2.94.